The molecule has 0 saturated carbocycles. The number of carbonyl (C=O) groups is 1. The van der Waals surface area contributed by atoms with E-state index in [4.69, 9.17) is 9.47 Å². The van der Waals surface area contributed by atoms with E-state index in [1.54, 1.807) is 13.0 Å². The van der Waals surface area contributed by atoms with Gasteiger partial charge >= 0.3 is 5.97 Å². The molecule has 2 rings (SSSR count). The zero-order valence-electron chi connectivity index (χ0n) is 10.6. The van der Waals surface area contributed by atoms with Crippen molar-refractivity contribution in [2.75, 3.05) is 7.11 Å². The number of carbonyl (C=O) groups excluding carboxylic acids is 1. The van der Waals surface area contributed by atoms with Gasteiger partial charge in [-0.1, -0.05) is 6.92 Å². The van der Waals surface area contributed by atoms with Crippen LogP contribution in [0.25, 0.3) is 0 Å². The minimum atomic E-state index is -0.872. The number of hydrogen-bond acceptors (Lipinski definition) is 4. The summed E-state index contributed by atoms with van der Waals surface area (Å²) in [5, 5.41) is 10.2. The minimum absolute atomic E-state index is 0.0179. The molecule has 0 saturated heterocycles. The van der Waals surface area contributed by atoms with E-state index >= 15 is 0 Å². The van der Waals surface area contributed by atoms with Crippen LogP contribution in [0.4, 0.5) is 0 Å². The molecule has 0 bridgehead atoms. The van der Waals surface area contributed by atoms with Gasteiger partial charge in [-0.25, -0.2) is 4.79 Å². The van der Waals surface area contributed by atoms with E-state index in [1.807, 2.05) is 13.8 Å². The van der Waals surface area contributed by atoms with E-state index in [0.29, 0.717) is 12.2 Å². The Morgan fingerprint density at radius 2 is 2.24 bits per heavy atom. The number of rotatable bonds is 1. The van der Waals surface area contributed by atoms with Crippen molar-refractivity contribution in [1.82, 2.24) is 0 Å². The van der Waals surface area contributed by atoms with Crippen LogP contribution in [0.15, 0.2) is 23.5 Å². The monoisotopic (exact) mass is 238 g/mol. The van der Waals surface area contributed by atoms with Gasteiger partial charge in [-0.15, -0.1) is 0 Å². The SMILES string of the molecule is COC1=CC(=O)O[C@@]12C[C@H](C)[C@@](C)(O)C=C2C. The first-order valence-electron chi connectivity index (χ1n) is 5.73. The molecule has 4 heteroatoms. The molecule has 4 nitrogen and oxygen atoms in total. The molecule has 1 N–H and O–H groups in total. The predicted octanol–water partition coefficient (Wildman–Crippen LogP) is 1.55. The van der Waals surface area contributed by atoms with Crippen LogP contribution in [0.3, 0.4) is 0 Å². The molecule has 17 heavy (non-hydrogen) atoms. The van der Waals surface area contributed by atoms with Crippen LogP contribution in [0.2, 0.25) is 0 Å². The van der Waals surface area contributed by atoms with Crippen LogP contribution >= 0.6 is 0 Å². The molecule has 2 aliphatic rings. The Kier molecular flexibility index (Phi) is 2.58. The molecule has 1 heterocycles. The molecule has 1 aliphatic carbocycles. The second kappa shape index (κ2) is 3.60. The maximum absolute atomic E-state index is 11.4. The van der Waals surface area contributed by atoms with Crippen LogP contribution in [0, 0.1) is 5.92 Å². The van der Waals surface area contributed by atoms with Gasteiger partial charge < -0.3 is 14.6 Å². The average molecular weight is 238 g/mol. The first kappa shape index (κ1) is 12.2. The van der Waals surface area contributed by atoms with E-state index in [-0.39, 0.29) is 11.9 Å². The summed E-state index contributed by atoms with van der Waals surface area (Å²) >= 11 is 0. The largest absolute Gasteiger partial charge is 0.496 e. The normalized spacial score (nSPS) is 41.0. The van der Waals surface area contributed by atoms with Gasteiger partial charge in [0.2, 0.25) is 0 Å². The Balaban J connectivity index is 2.48. The summed E-state index contributed by atoms with van der Waals surface area (Å²) in [7, 11) is 1.53. The fraction of sp³-hybridized carbons (Fsp3) is 0.615. The summed E-state index contributed by atoms with van der Waals surface area (Å²) in [6.45, 7) is 5.55. The standard InChI is InChI=1S/C13H18O4/c1-8-7-13(9(2)6-12(8,3)15)10(16-4)5-11(14)17-13/h5-6,8,15H,7H2,1-4H3/t8-,12-,13+/m0/s1. The molecule has 0 radical (unpaired) electrons. The number of ether oxygens (including phenoxy) is 2. The highest BCUT2D eigenvalue weighted by Crippen LogP contribution is 2.47. The van der Waals surface area contributed by atoms with Gasteiger partial charge in [0, 0.05) is 6.42 Å². The molecule has 1 aliphatic heterocycles. The maximum Gasteiger partial charge on any atom is 0.335 e. The van der Waals surface area contributed by atoms with Crippen molar-refractivity contribution in [2.45, 2.75) is 38.4 Å². The third-order valence-electron chi connectivity index (χ3n) is 3.88. The van der Waals surface area contributed by atoms with Gasteiger partial charge in [0.25, 0.3) is 0 Å². The summed E-state index contributed by atoms with van der Waals surface area (Å²) in [6, 6.07) is 0. The second-order valence-corrected chi connectivity index (χ2v) is 5.12. The van der Waals surface area contributed by atoms with Crippen molar-refractivity contribution in [3.63, 3.8) is 0 Å². The Hall–Kier alpha value is -1.29. The molecule has 3 atom stereocenters. The lowest BCUT2D eigenvalue weighted by molar-refractivity contribution is -0.148. The Labute approximate surface area is 101 Å². The molecule has 0 aromatic carbocycles. The fourth-order valence-electron chi connectivity index (χ4n) is 2.61. The number of hydrogen-bond donors (Lipinski definition) is 1. The topological polar surface area (TPSA) is 55.8 Å². The van der Waals surface area contributed by atoms with E-state index < -0.39 is 11.2 Å². The maximum atomic E-state index is 11.4. The highest BCUT2D eigenvalue weighted by atomic mass is 16.6. The molecular formula is C13H18O4. The van der Waals surface area contributed by atoms with Gasteiger partial charge in [0.15, 0.2) is 11.4 Å². The molecule has 0 aromatic rings. The molecule has 0 unspecified atom stereocenters. The van der Waals surface area contributed by atoms with Gasteiger partial charge in [-0.2, -0.15) is 0 Å². The Morgan fingerprint density at radius 3 is 2.82 bits per heavy atom. The number of aliphatic hydroxyl groups is 1. The molecule has 0 aromatic heterocycles. The zero-order chi connectivity index (χ0) is 12.8. The van der Waals surface area contributed by atoms with Crippen molar-refractivity contribution in [1.29, 1.82) is 0 Å². The quantitative estimate of drug-likeness (QED) is 0.556. The Bertz CT molecular complexity index is 419. The molecule has 94 valence electrons. The summed E-state index contributed by atoms with van der Waals surface area (Å²) in [6.07, 6.45) is 3.67. The molecule has 0 amide bonds. The van der Waals surface area contributed by atoms with Crippen LogP contribution in [0.5, 0.6) is 0 Å². The van der Waals surface area contributed by atoms with Crippen LogP contribution in [-0.2, 0) is 14.3 Å². The van der Waals surface area contributed by atoms with E-state index in [2.05, 4.69) is 0 Å². The van der Waals surface area contributed by atoms with Gasteiger partial charge in [-0.05, 0) is 31.4 Å². The second-order valence-electron chi connectivity index (χ2n) is 5.12. The van der Waals surface area contributed by atoms with Gasteiger partial charge in [-0.3, -0.25) is 0 Å². The summed E-state index contributed by atoms with van der Waals surface area (Å²) in [5.74, 6) is 0.123. The minimum Gasteiger partial charge on any atom is -0.496 e. The predicted molar refractivity (Wildman–Crippen MR) is 62.1 cm³/mol. The summed E-state index contributed by atoms with van der Waals surface area (Å²) < 4.78 is 10.7. The lowest BCUT2D eigenvalue weighted by Gasteiger charge is -2.42. The highest BCUT2D eigenvalue weighted by molar-refractivity contribution is 5.87. The van der Waals surface area contributed by atoms with Crippen molar-refractivity contribution in [3.05, 3.63) is 23.5 Å². The summed E-state index contributed by atoms with van der Waals surface area (Å²) in [5.41, 5.74) is -0.865. The lowest BCUT2D eigenvalue weighted by atomic mass is 9.71. The van der Waals surface area contributed by atoms with E-state index in [1.165, 1.54) is 13.2 Å². The van der Waals surface area contributed by atoms with Gasteiger partial charge in [0.05, 0.1) is 18.8 Å². The number of methoxy groups -OCH3 is 1. The molecule has 1 spiro atoms. The molecule has 0 fully saturated rings. The van der Waals surface area contributed by atoms with Crippen molar-refractivity contribution in [3.8, 4) is 0 Å². The summed E-state index contributed by atoms with van der Waals surface area (Å²) in [4.78, 5) is 11.4. The van der Waals surface area contributed by atoms with E-state index in [0.717, 1.165) is 5.57 Å². The Morgan fingerprint density at radius 1 is 1.59 bits per heavy atom. The smallest absolute Gasteiger partial charge is 0.335 e. The third-order valence-corrected chi connectivity index (χ3v) is 3.88. The molecular weight excluding hydrogens is 220 g/mol. The van der Waals surface area contributed by atoms with Gasteiger partial charge in [0.1, 0.15) is 0 Å². The fourth-order valence-corrected chi connectivity index (χ4v) is 2.61. The van der Waals surface area contributed by atoms with Crippen LogP contribution < -0.4 is 0 Å². The first-order chi connectivity index (χ1) is 7.82. The highest BCUT2D eigenvalue weighted by Gasteiger charge is 2.52. The zero-order valence-corrected chi connectivity index (χ0v) is 10.6. The third kappa shape index (κ3) is 1.67. The average Bonchev–Trinajstić information content (AvgIpc) is 2.53. The lowest BCUT2D eigenvalue weighted by Crippen LogP contribution is -2.47. The number of esters is 1. The van der Waals surface area contributed by atoms with E-state index in [9.17, 15) is 9.90 Å². The van der Waals surface area contributed by atoms with Crippen molar-refractivity contribution >= 4 is 5.97 Å². The van der Waals surface area contributed by atoms with Crippen LogP contribution in [-0.4, -0.2) is 29.4 Å². The van der Waals surface area contributed by atoms with Crippen LogP contribution in [0.1, 0.15) is 27.2 Å². The first-order valence-corrected chi connectivity index (χ1v) is 5.73. The van der Waals surface area contributed by atoms with Crippen molar-refractivity contribution < 1.29 is 19.4 Å². The van der Waals surface area contributed by atoms with Crippen molar-refractivity contribution in [2.24, 2.45) is 5.92 Å².